The molecule has 0 bridgehead atoms. The summed E-state index contributed by atoms with van der Waals surface area (Å²) in [6.45, 7) is 4.95. The van der Waals surface area contributed by atoms with Gasteiger partial charge in [0.2, 0.25) is 5.91 Å². The highest BCUT2D eigenvalue weighted by Gasteiger charge is 2.32. The van der Waals surface area contributed by atoms with Crippen LogP contribution in [0.25, 0.3) is 0 Å². The van der Waals surface area contributed by atoms with Crippen LogP contribution in [0.4, 0.5) is 14.9 Å². The Hall–Kier alpha value is -2.39. The van der Waals surface area contributed by atoms with Gasteiger partial charge in [0.25, 0.3) is 0 Å². The standard InChI is InChI=1S/C19H27FN4O4/c1-13(25)22-11-16-12-24(19(26)28-16)14-3-4-18(17(20)9-14)27-8-7-23(2)15-5-6-21-10-15/h3-4,9,15-16,21H,5-8,10-12H2,1-2H3,(H,22,25). The molecule has 9 heteroatoms. The van der Waals surface area contributed by atoms with Gasteiger partial charge in [-0.3, -0.25) is 14.6 Å². The van der Waals surface area contributed by atoms with Gasteiger partial charge in [0.1, 0.15) is 12.7 Å². The van der Waals surface area contributed by atoms with Crippen LogP contribution in [0.1, 0.15) is 13.3 Å². The predicted molar refractivity (Wildman–Crippen MR) is 102 cm³/mol. The molecule has 1 aromatic rings. The number of benzene rings is 1. The zero-order chi connectivity index (χ0) is 20.1. The van der Waals surface area contributed by atoms with Crippen LogP contribution in [0.15, 0.2) is 18.2 Å². The largest absolute Gasteiger partial charge is 0.489 e. The van der Waals surface area contributed by atoms with Crippen molar-refractivity contribution in [3.8, 4) is 5.75 Å². The summed E-state index contributed by atoms with van der Waals surface area (Å²) in [6, 6.07) is 4.91. The van der Waals surface area contributed by atoms with E-state index in [1.54, 1.807) is 6.07 Å². The Morgan fingerprint density at radius 1 is 1.50 bits per heavy atom. The fourth-order valence-corrected chi connectivity index (χ4v) is 3.37. The number of rotatable bonds is 8. The summed E-state index contributed by atoms with van der Waals surface area (Å²) in [6.07, 6.45) is 0.0836. The lowest BCUT2D eigenvalue weighted by atomic mass is 10.2. The average molecular weight is 394 g/mol. The Kier molecular flexibility index (Phi) is 6.69. The van der Waals surface area contributed by atoms with Crippen molar-refractivity contribution in [2.45, 2.75) is 25.5 Å². The van der Waals surface area contributed by atoms with Gasteiger partial charge in [0.05, 0.1) is 18.8 Å². The minimum Gasteiger partial charge on any atom is -0.489 e. The summed E-state index contributed by atoms with van der Waals surface area (Å²) < 4.78 is 25.2. The van der Waals surface area contributed by atoms with E-state index in [9.17, 15) is 14.0 Å². The first-order valence-electron chi connectivity index (χ1n) is 9.50. The first-order valence-corrected chi connectivity index (χ1v) is 9.50. The average Bonchev–Trinajstić information content (AvgIpc) is 3.31. The molecule has 28 heavy (non-hydrogen) atoms. The molecular formula is C19H27FN4O4. The van der Waals surface area contributed by atoms with Gasteiger partial charge in [-0.1, -0.05) is 0 Å². The highest BCUT2D eigenvalue weighted by atomic mass is 19.1. The Bertz CT molecular complexity index is 711. The SMILES string of the molecule is CC(=O)NCC1CN(c2ccc(OCCN(C)C3CCNC3)c(F)c2)C(=O)O1. The molecule has 2 fully saturated rings. The number of hydrogen-bond acceptors (Lipinski definition) is 6. The molecule has 2 aliphatic heterocycles. The maximum absolute atomic E-state index is 14.4. The van der Waals surface area contributed by atoms with E-state index in [0.29, 0.717) is 24.9 Å². The number of halogens is 1. The number of carbonyl (C=O) groups is 2. The second-order valence-electron chi connectivity index (χ2n) is 7.14. The van der Waals surface area contributed by atoms with E-state index >= 15 is 0 Å². The smallest absolute Gasteiger partial charge is 0.414 e. The molecule has 2 amide bonds. The van der Waals surface area contributed by atoms with Crippen molar-refractivity contribution in [1.29, 1.82) is 0 Å². The highest BCUT2D eigenvalue weighted by Crippen LogP contribution is 2.27. The first kappa shape index (κ1) is 20.3. The third-order valence-electron chi connectivity index (χ3n) is 5.04. The summed E-state index contributed by atoms with van der Waals surface area (Å²) in [5.41, 5.74) is 0.398. The summed E-state index contributed by atoms with van der Waals surface area (Å²) in [5, 5.41) is 5.93. The van der Waals surface area contributed by atoms with Crippen molar-refractivity contribution in [2.24, 2.45) is 0 Å². The number of nitrogens with one attached hydrogen (secondary N) is 2. The maximum atomic E-state index is 14.4. The molecule has 2 atom stereocenters. The molecule has 154 valence electrons. The highest BCUT2D eigenvalue weighted by molar-refractivity contribution is 5.89. The molecule has 2 aliphatic rings. The first-order chi connectivity index (χ1) is 13.4. The van der Waals surface area contributed by atoms with Crippen molar-refractivity contribution in [3.05, 3.63) is 24.0 Å². The lowest BCUT2D eigenvalue weighted by Gasteiger charge is -2.23. The van der Waals surface area contributed by atoms with Crippen molar-refractivity contribution in [3.63, 3.8) is 0 Å². The second-order valence-corrected chi connectivity index (χ2v) is 7.14. The molecular weight excluding hydrogens is 367 g/mol. The molecule has 2 heterocycles. The van der Waals surface area contributed by atoms with Crippen molar-refractivity contribution in [2.75, 3.05) is 51.3 Å². The van der Waals surface area contributed by atoms with Crippen LogP contribution in [-0.4, -0.2) is 75.4 Å². The van der Waals surface area contributed by atoms with Crippen molar-refractivity contribution < 1.29 is 23.5 Å². The normalized spacial score (nSPS) is 21.9. The molecule has 3 rings (SSSR count). The van der Waals surface area contributed by atoms with Crippen molar-refractivity contribution in [1.82, 2.24) is 15.5 Å². The van der Waals surface area contributed by atoms with E-state index in [2.05, 4.69) is 15.5 Å². The van der Waals surface area contributed by atoms with Crippen LogP contribution < -0.4 is 20.3 Å². The monoisotopic (exact) mass is 394 g/mol. The number of anilines is 1. The van der Waals surface area contributed by atoms with Gasteiger partial charge in [-0.25, -0.2) is 9.18 Å². The molecule has 0 aliphatic carbocycles. The Morgan fingerprint density at radius 2 is 2.32 bits per heavy atom. The third kappa shape index (κ3) is 5.11. The van der Waals surface area contributed by atoms with Crippen LogP contribution in [0, 0.1) is 5.82 Å². The summed E-state index contributed by atoms with van der Waals surface area (Å²) >= 11 is 0. The Morgan fingerprint density at radius 3 is 3.00 bits per heavy atom. The molecule has 8 nitrogen and oxygen atoms in total. The molecule has 0 radical (unpaired) electrons. The second kappa shape index (κ2) is 9.20. The zero-order valence-corrected chi connectivity index (χ0v) is 16.2. The molecule has 0 saturated carbocycles. The number of nitrogens with zero attached hydrogens (tertiary/aromatic N) is 2. The zero-order valence-electron chi connectivity index (χ0n) is 16.2. The van der Waals surface area contributed by atoms with E-state index in [0.717, 1.165) is 19.5 Å². The number of amides is 2. The fraction of sp³-hybridized carbons (Fsp3) is 0.579. The van der Waals surface area contributed by atoms with Crippen LogP contribution in [0.2, 0.25) is 0 Å². The van der Waals surface area contributed by atoms with E-state index in [1.165, 1.54) is 24.0 Å². The van der Waals surface area contributed by atoms with Gasteiger partial charge in [0.15, 0.2) is 11.6 Å². The lowest BCUT2D eigenvalue weighted by Crippen LogP contribution is -2.36. The van der Waals surface area contributed by atoms with Gasteiger partial charge >= 0.3 is 6.09 Å². The van der Waals surface area contributed by atoms with E-state index in [1.807, 2.05) is 7.05 Å². The summed E-state index contributed by atoms with van der Waals surface area (Å²) in [5.74, 6) is -0.568. The van der Waals surface area contributed by atoms with Crippen LogP contribution in [0.5, 0.6) is 5.75 Å². The number of cyclic esters (lactones) is 1. The number of hydrogen-bond donors (Lipinski definition) is 2. The topological polar surface area (TPSA) is 83.1 Å². The van der Waals surface area contributed by atoms with Gasteiger partial charge in [-0.2, -0.15) is 0 Å². The molecule has 2 saturated heterocycles. The fourth-order valence-electron chi connectivity index (χ4n) is 3.37. The predicted octanol–water partition coefficient (Wildman–Crippen LogP) is 0.959. The molecule has 1 aromatic carbocycles. The summed E-state index contributed by atoms with van der Waals surface area (Å²) in [4.78, 5) is 26.6. The van der Waals surface area contributed by atoms with Gasteiger partial charge in [-0.15, -0.1) is 0 Å². The van der Waals surface area contributed by atoms with E-state index in [4.69, 9.17) is 9.47 Å². The third-order valence-corrected chi connectivity index (χ3v) is 5.04. The van der Waals surface area contributed by atoms with Gasteiger partial charge in [0, 0.05) is 32.1 Å². The van der Waals surface area contributed by atoms with Gasteiger partial charge < -0.3 is 20.1 Å². The number of ether oxygens (including phenoxy) is 2. The van der Waals surface area contributed by atoms with Crippen LogP contribution >= 0.6 is 0 Å². The molecule has 0 spiro atoms. The van der Waals surface area contributed by atoms with E-state index in [-0.39, 0.29) is 24.7 Å². The number of carbonyl (C=O) groups excluding carboxylic acids is 2. The Balaban J connectivity index is 1.52. The molecule has 2 N–H and O–H groups in total. The maximum Gasteiger partial charge on any atom is 0.414 e. The number of likely N-dealkylation sites (N-methyl/N-ethyl adjacent to an activating group) is 1. The van der Waals surface area contributed by atoms with Gasteiger partial charge in [-0.05, 0) is 32.1 Å². The van der Waals surface area contributed by atoms with Crippen LogP contribution in [-0.2, 0) is 9.53 Å². The minimum absolute atomic E-state index is 0.157. The molecule has 2 unspecified atom stereocenters. The minimum atomic E-state index is -0.560. The lowest BCUT2D eigenvalue weighted by molar-refractivity contribution is -0.119. The quantitative estimate of drug-likeness (QED) is 0.684. The molecule has 0 aromatic heterocycles. The van der Waals surface area contributed by atoms with E-state index < -0.39 is 18.0 Å². The Labute approximate surface area is 163 Å². The van der Waals surface area contributed by atoms with Crippen LogP contribution in [0.3, 0.4) is 0 Å². The van der Waals surface area contributed by atoms with Crippen molar-refractivity contribution >= 4 is 17.7 Å². The summed E-state index contributed by atoms with van der Waals surface area (Å²) in [7, 11) is 2.04.